The number of nitrogens with zero attached hydrogens (tertiary/aromatic N) is 3. The molecule has 0 saturated carbocycles. The van der Waals surface area contributed by atoms with E-state index in [0.717, 1.165) is 16.7 Å². The minimum atomic E-state index is 0.433. The third-order valence-electron chi connectivity index (χ3n) is 2.83. The van der Waals surface area contributed by atoms with Crippen LogP contribution in [0.4, 0.5) is 0 Å². The van der Waals surface area contributed by atoms with E-state index in [1.165, 1.54) is 0 Å². The number of hydrogen-bond acceptors (Lipinski definition) is 4. The third-order valence-corrected chi connectivity index (χ3v) is 2.83. The van der Waals surface area contributed by atoms with Crippen LogP contribution < -0.4 is 4.74 Å². The van der Waals surface area contributed by atoms with Crippen LogP contribution in [0, 0.1) is 6.92 Å². The molecule has 0 amide bonds. The van der Waals surface area contributed by atoms with E-state index in [9.17, 15) is 0 Å². The average molecular weight is 259 g/mol. The summed E-state index contributed by atoms with van der Waals surface area (Å²) in [4.78, 5) is 0. The van der Waals surface area contributed by atoms with Crippen LogP contribution in [0.25, 0.3) is 0 Å². The number of oxime groups is 1. The lowest BCUT2D eigenvalue weighted by molar-refractivity contribution is 0.303. The number of hydrogen-bond donors (Lipinski definition) is 1. The van der Waals surface area contributed by atoms with Crippen molar-refractivity contribution >= 4 is 5.71 Å². The molecule has 5 heteroatoms. The van der Waals surface area contributed by atoms with Crippen molar-refractivity contribution in [3.05, 3.63) is 47.3 Å². The minimum absolute atomic E-state index is 0.433. The van der Waals surface area contributed by atoms with Crippen LogP contribution >= 0.6 is 0 Å². The van der Waals surface area contributed by atoms with Crippen LogP contribution in [0.3, 0.4) is 0 Å². The molecule has 0 atom stereocenters. The maximum atomic E-state index is 8.91. The Morgan fingerprint density at radius 2 is 2.26 bits per heavy atom. The second-order valence-corrected chi connectivity index (χ2v) is 4.50. The van der Waals surface area contributed by atoms with Crippen molar-refractivity contribution in [1.82, 2.24) is 9.78 Å². The Morgan fingerprint density at radius 1 is 1.47 bits per heavy atom. The zero-order valence-corrected chi connectivity index (χ0v) is 11.3. The maximum Gasteiger partial charge on any atom is 0.129 e. The van der Waals surface area contributed by atoms with Gasteiger partial charge < -0.3 is 9.94 Å². The monoisotopic (exact) mass is 259 g/mol. The first-order valence-corrected chi connectivity index (χ1v) is 6.00. The van der Waals surface area contributed by atoms with E-state index >= 15 is 0 Å². The molecule has 0 fully saturated rings. The quantitative estimate of drug-likeness (QED) is 0.521. The summed E-state index contributed by atoms with van der Waals surface area (Å²) in [6, 6.07) is 5.79. The molecule has 0 radical (unpaired) electrons. The van der Waals surface area contributed by atoms with Crippen LogP contribution in [0.2, 0.25) is 0 Å². The Hall–Kier alpha value is -2.30. The number of rotatable bonds is 4. The van der Waals surface area contributed by atoms with Gasteiger partial charge in [-0.05, 0) is 26.0 Å². The standard InChI is InChI=1S/C14H17N3O2/c1-10-4-5-14(13(6-10)11(2)16-18)19-9-12-7-15-17(3)8-12/h4-8,18H,9H2,1-3H3. The van der Waals surface area contributed by atoms with Crippen molar-refractivity contribution in [2.24, 2.45) is 12.2 Å². The summed E-state index contributed by atoms with van der Waals surface area (Å²) in [7, 11) is 1.86. The van der Waals surface area contributed by atoms with E-state index in [4.69, 9.17) is 9.94 Å². The molecule has 0 spiro atoms. The summed E-state index contributed by atoms with van der Waals surface area (Å²) in [6.45, 7) is 4.16. The average Bonchev–Trinajstić information content (AvgIpc) is 2.82. The van der Waals surface area contributed by atoms with Crippen LogP contribution in [0.1, 0.15) is 23.6 Å². The first-order chi connectivity index (χ1) is 9.10. The van der Waals surface area contributed by atoms with Gasteiger partial charge in [-0.3, -0.25) is 4.68 Å². The van der Waals surface area contributed by atoms with Crippen LogP contribution in [-0.2, 0) is 13.7 Å². The van der Waals surface area contributed by atoms with Crippen molar-refractivity contribution < 1.29 is 9.94 Å². The van der Waals surface area contributed by atoms with E-state index in [1.54, 1.807) is 17.8 Å². The molecule has 1 N–H and O–H groups in total. The summed E-state index contributed by atoms with van der Waals surface area (Å²) >= 11 is 0. The van der Waals surface area contributed by atoms with Gasteiger partial charge >= 0.3 is 0 Å². The van der Waals surface area contributed by atoms with Crippen molar-refractivity contribution in [2.45, 2.75) is 20.5 Å². The first kappa shape index (κ1) is 13.1. The van der Waals surface area contributed by atoms with Gasteiger partial charge in [-0.2, -0.15) is 5.10 Å². The van der Waals surface area contributed by atoms with Crippen LogP contribution in [-0.4, -0.2) is 20.7 Å². The van der Waals surface area contributed by atoms with Gasteiger partial charge in [-0.25, -0.2) is 0 Å². The molecule has 0 aliphatic rings. The third kappa shape index (κ3) is 3.13. The Kier molecular flexibility index (Phi) is 3.85. The van der Waals surface area contributed by atoms with Gasteiger partial charge in [0.05, 0.1) is 11.9 Å². The highest BCUT2D eigenvalue weighted by molar-refractivity contribution is 6.00. The SMILES string of the molecule is CC(=NO)c1cc(C)ccc1OCc1cnn(C)c1. The first-order valence-electron chi connectivity index (χ1n) is 6.00. The zero-order chi connectivity index (χ0) is 13.8. The molecule has 2 rings (SSSR count). The molecule has 100 valence electrons. The lowest BCUT2D eigenvalue weighted by Crippen LogP contribution is -2.02. The minimum Gasteiger partial charge on any atom is -0.488 e. The van der Waals surface area contributed by atoms with Gasteiger partial charge in [-0.15, -0.1) is 0 Å². The smallest absolute Gasteiger partial charge is 0.129 e. The number of ether oxygens (including phenoxy) is 1. The van der Waals surface area contributed by atoms with Gasteiger partial charge in [0.1, 0.15) is 12.4 Å². The molecule has 1 aromatic carbocycles. The lowest BCUT2D eigenvalue weighted by Gasteiger charge is -2.10. The molecular weight excluding hydrogens is 242 g/mol. The summed E-state index contributed by atoms with van der Waals surface area (Å²) in [5.74, 6) is 0.699. The second kappa shape index (κ2) is 5.56. The lowest BCUT2D eigenvalue weighted by atomic mass is 10.1. The van der Waals surface area contributed by atoms with Crippen molar-refractivity contribution in [2.75, 3.05) is 0 Å². The van der Waals surface area contributed by atoms with E-state index in [2.05, 4.69) is 10.3 Å². The predicted molar refractivity (Wildman–Crippen MR) is 72.7 cm³/mol. The molecular formula is C14H17N3O2. The highest BCUT2D eigenvalue weighted by Crippen LogP contribution is 2.22. The largest absolute Gasteiger partial charge is 0.488 e. The fourth-order valence-corrected chi connectivity index (χ4v) is 1.81. The molecule has 1 aromatic heterocycles. The van der Waals surface area contributed by atoms with Gasteiger partial charge in [0.15, 0.2) is 0 Å². The Balaban J connectivity index is 2.20. The van der Waals surface area contributed by atoms with E-state index in [-0.39, 0.29) is 0 Å². The summed E-state index contributed by atoms with van der Waals surface area (Å²) in [5, 5.41) is 16.2. The van der Waals surface area contributed by atoms with E-state index < -0.39 is 0 Å². The van der Waals surface area contributed by atoms with E-state index in [0.29, 0.717) is 18.1 Å². The van der Waals surface area contributed by atoms with Crippen molar-refractivity contribution in [1.29, 1.82) is 0 Å². The van der Waals surface area contributed by atoms with Crippen LogP contribution in [0.15, 0.2) is 35.7 Å². The molecule has 1 heterocycles. The van der Waals surface area contributed by atoms with Crippen LogP contribution in [0.5, 0.6) is 5.75 Å². The molecule has 0 aliphatic heterocycles. The summed E-state index contributed by atoms with van der Waals surface area (Å²) < 4.78 is 7.50. The molecule has 19 heavy (non-hydrogen) atoms. The summed E-state index contributed by atoms with van der Waals surface area (Å²) in [5.41, 5.74) is 3.41. The van der Waals surface area contributed by atoms with Gasteiger partial charge in [0, 0.05) is 24.4 Å². The highest BCUT2D eigenvalue weighted by Gasteiger charge is 2.08. The second-order valence-electron chi connectivity index (χ2n) is 4.50. The normalized spacial score (nSPS) is 11.6. The Morgan fingerprint density at radius 3 is 2.89 bits per heavy atom. The number of benzene rings is 1. The summed E-state index contributed by atoms with van der Waals surface area (Å²) in [6.07, 6.45) is 3.67. The Labute approximate surface area is 112 Å². The number of aromatic nitrogens is 2. The van der Waals surface area contributed by atoms with Gasteiger partial charge in [0.25, 0.3) is 0 Å². The molecule has 0 saturated heterocycles. The van der Waals surface area contributed by atoms with Gasteiger partial charge in [-0.1, -0.05) is 16.8 Å². The maximum absolute atomic E-state index is 8.91. The molecule has 0 aliphatic carbocycles. The number of aryl methyl sites for hydroxylation is 2. The Bertz CT molecular complexity index is 602. The molecule has 2 aromatic rings. The molecule has 5 nitrogen and oxygen atoms in total. The molecule has 0 unspecified atom stereocenters. The topological polar surface area (TPSA) is 59.6 Å². The molecule has 0 bridgehead atoms. The highest BCUT2D eigenvalue weighted by atomic mass is 16.5. The fraction of sp³-hybridized carbons (Fsp3) is 0.286. The predicted octanol–water partition coefficient (Wildman–Crippen LogP) is 2.51. The van der Waals surface area contributed by atoms with Gasteiger partial charge in [0.2, 0.25) is 0 Å². The fourth-order valence-electron chi connectivity index (χ4n) is 1.81. The van der Waals surface area contributed by atoms with Crippen molar-refractivity contribution in [3.63, 3.8) is 0 Å². The van der Waals surface area contributed by atoms with Crippen molar-refractivity contribution in [3.8, 4) is 5.75 Å². The van der Waals surface area contributed by atoms with E-state index in [1.807, 2.05) is 38.4 Å². The zero-order valence-electron chi connectivity index (χ0n) is 11.3.